The number of nitrogens with zero attached hydrogens (tertiary/aromatic N) is 1. The molecule has 0 bridgehead atoms. The van der Waals surface area contributed by atoms with Gasteiger partial charge in [0.2, 0.25) is 5.91 Å². The smallest absolute Gasteiger partial charge is 0.227 e. The summed E-state index contributed by atoms with van der Waals surface area (Å²) in [6, 6.07) is 4.57. The Hall–Kier alpha value is -0.780. The Morgan fingerprint density at radius 1 is 1.21 bits per heavy atom. The molecule has 1 aromatic rings. The van der Waals surface area contributed by atoms with Crippen molar-refractivity contribution in [2.24, 2.45) is 5.92 Å². The maximum Gasteiger partial charge on any atom is 0.227 e. The molecule has 2 fully saturated rings. The maximum atomic E-state index is 12.1. The minimum atomic E-state index is -3.05. The summed E-state index contributed by atoms with van der Waals surface area (Å²) in [6.07, 6.45) is 0.267. The number of carbonyl (C=O) groups excluding carboxylic acids is 1. The van der Waals surface area contributed by atoms with Gasteiger partial charge in [-0.05, 0) is 18.2 Å². The summed E-state index contributed by atoms with van der Waals surface area (Å²) in [4.78, 5) is 13.6. The topological polar surface area (TPSA) is 54.5 Å². The molecule has 1 amide bonds. The van der Waals surface area contributed by atoms with Crippen LogP contribution in [-0.4, -0.2) is 31.9 Å². The summed E-state index contributed by atoms with van der Waals surface area (Å²) >= 11 is 11.9. The molecule has 0 N–H and O–H groups in total. The molecule has 3 rings (SSSR count). The number of amides is 1. The lowest BCUT2D eigenvalue weighted by Gasteiger charge is -2.24. The highest BCUT2D eigenvalue weighted by atomic mass is 35.5. The third-order valence-corrected chi connectivity index (χ3v) is 5.97. The molecule has 0 spiro atoms. The normalized spacial score (nSPS) is 28.7. The van der Waals surface area contributed by atoms with Crippen molar-refractivity contribution in [3.05, 3.63) is 28.2 Å². The van der Waals surface area contributed by atoms with Crippen LogP contribution in [0.5, 0.6) is 0 Å². The molecule has 2 heterocycles. The molecule has 2 aliphatic heterocycles. The van der Waals surface area contributed by atoms with Crippen LogP contribution < -0.4 is 4.90 Å². The minimum Gasteiger partial charge on any atom is -0.306 e. The first kappa shape index (κ1) is 13.2. The zero-order valence-electron chi connectivity index (χ0n) is 9.84. The lowest BCUT2D eigenvalue weighted by molar-refractivity contribution is -0.117. The molecule has 2 saturated heterocycles. The van der Waals surface area contributed by atoms with Gasteiger partial charge in [-0.1, -0.05) is 23.2 Å². The van der Waals surface area contributed by atoms with Crippen LogP contribution in [0.4, 0.5) is 5.69 Å². The first-order chi connectivity index (χ1) is 8.87. The Balaban J connectivity index is 2.02. The van der Waals surface area contributed by atoms with Gasteiger partial charge in [-0.25, -0.2) is 8.42 Å². The van der Waals surface area contributed by atoms with E-state index in [2.05, 4.69) is 0 Å². The zero-order valence-corrected chi connectivity index (χ0v) is 12.2. The fraction of sp³-hybridized carbons (Fsp3) is 0.417. The molecule has 4 nitrogen and oxygen atoms in total. The highest BCUT2D eigenvalue weighted by molar-refractivity contribution is 7.91. The number of anilines is 1. The molecule has 2 aliphatic rings. The second kappa shape index (κ2) is 4.36. The first-order valence-corrected chi connectivity index (χ1v) is 8.43. The SMILES string of the molecule is O=C1C[C@@H]2CS(=O)(=O)C[C@H]2N1c1ccc(Cl)cc1Cl. The molecule has 0 aliphatic carbocycles. The van der Waals surface area contributed by atoms with Crippen molar-refractivity contribution in [1.82, 2.24) is 0 Å². The van der Waals surface area contributed by atoms with Crippen LogP contribution in [-0.2, 0) is 14.6 Å². The summed E-state index contributed by atoms with van der Waals surface area (Å²) in [5.74, 6) is -0.0913. The van der Waals surface area contributed by atoms with Gasteiger partial charge < -0.3 is 4.90 Å². The van der Waals surface area contributed by atoms with Gasteiger partial charge in [-0.2, -0.15) is 0 Å². The third kappa shape index (κ3) is 2.24. The van der Waals surface area contributed by atoms with Gasteiger partial charge in [-0.3, -0.25) is 4.79 Å². The van der Waals surface area contributed by atoms with Crippen LogP contribution in [0.1, 0.15) is 6.42 Å². The lowest BCUT2D eigenvalue weighted by atomic mass is 10.0. The number of carbonyl (C=O) groups is 1. The van der Waals surface area contributed by atoms with E-state index in [9.17, 15) is 13.2 Å². The van der Waals surface area contributed by atoms with Gasteiger partial charge in [-0.15, -0.1) is 0 Å². The van der Waals surface area contributed by atoms with Crippen molar-refractivity contribution >= 4 is 44.6 Å². The zero-order chi connectivity index (χ0) is 13.8. The fourth-order valence-corrected chi connectivity index (χ4v) is 5.45. The third-order valence-electron chi connectivity index (χ3n) is 3.64. The van der Waals surface area contributed by atoms with Crippen LogP contribution in [0.15, 0.2) is 18.2 Å². The van der Waals surface area contributed by atoms with E-state index in [1.165, 1.54) is 4.90 Å². The molecule has 0 unspecified atom stereocenters. The van der Waals surface area contributed by atoms with Crippen LogP contribution >= 0.6 is 23.2 Å². The highest BCUT2D eigenvalue weighted by Gasteiger charge is 2.49. The highest BCUT2D eigenvalue weighted by Crippen LogP contribution is 2.40. The van der Waals surface area contributed by atoms with Crippen molar-refractivity contribution < 1.29 is 13.2 Å². The number of halogens is 2. The fourth-order valence-electron chi connectivity index (χ4n) is 2.88. The average molecular weight is 320 g/mol. The van der Waals surface area contributed by atoms with Gasteiger partial charge in [0.05, 0.1) is 28.3 Å². The summed E-state index contributed by atoms with van der Waals surface area (Å²) in [5, 5.41) is 0.849. The molecule has 0 radical (unpaired) electrons. The van der Waals surface area contributed by atoms with Crippen LogP contribution in [0, 0.1) is 5.92 Å². The number of hydrogen-bond donors (Lipinski definition) is 0. The average Bonchev–Trinajstić information content (AvgIpc) is 2.70. The second-order valence-electron chi connectivity index (χ2n) is 4.97. The Bertz CT molecular complexity index is 659. The van der Waals surface area contributed by atoms with Crippen molar-refractivity contribution in [2.45, 2.75) is 12.5 Å². The number of sulfone groups is 1. The minimum absolute atomic E-state index is 0.0162. The molecule has 19 heavy (non-hydrogen) atoms. The van der Waals surface area contributed by atoms with Gasteiger partial charge in [0.15, 0.2) is 9.84 Å². The van der Waals surface area contributed by atoms with E-state index in [4.69, 9.17) is 23.2 Å². The van der Waals surface area contributed by atoms with E-state index in [1.807, 2.05) is 0 Å². The molecule has 0 saturated carbocycles. The van der Waals surface area contributed by atoms with Crippen molar-refractivity contribution in [1.29, 1.82) is 0 Å². The predicted octanol–water partition coefficient (Wildman–Crippen LogP) is 2.14. The van der Waals surface area contributed by atoms with Gasteiger partial charge in [0.25, 0.3) is 0 Å². The Morgan fingerprint density at radius 2 is 1.95 bits per heavy atom. The lowest BCUT2D eigenvalue weighted by Crippen LogP contribution is -2.36. The molecule has 7 heteroatoms. The van der Waals surface area contributed by atoms with E-state index in [0.717, 1.165) is 0 Å². The molecule has 0 aromatic heterocycles. The van der Waals surface area contributed by atoms with E-state index in [1.54, 1.807) is 18.2 Å². The van der Waals surface area contributed by atoms with E-state index < -0.39 is 9.84 Å². The van der Waals surface area contributed by atoms with E-state index in [0.29, 0.717) is 15.7 Å². The standard InChI is InChI=1S/C12H11Cl2NO3S/c13-8-1-2-10(9(14)4-8)15-11-6-19(17,18)5-7(11)3-12(15)16/h1-2,4,7,11H,3,5-6H2/t7-,11-/m1/s1. The number of hydrogen-bond acceptors (Lipinski definition) is 3. The number of benzene rings is 1. The predicted molar refractivity (Wildman–Crippen MR) is 74.5 cm³/mol. The summed E-state index contributed by atoms with van der Waals surface area (Å²) < 4.78 is 23.3. The monoisotopic (exact) mass is 319 g/mol. The van der Waals surface area contributed by atoms with E-state index >= 15 is 0 Å². The van der Waals surface area contributed by atoms with E-state index in [-0.39, 0.29) is 35.8 Å². The molecular formula is C12H11Cl2NO3S. The van der Waals surface area contributed by atoms with Crippen LogP contribution in [0.25, 0.3) is 0 Å². The molecular weight excluding hydrogens is 309 g/mol. The summed E-state index contributed by atoms with van der Waals surface area (Å²) in [5.41, 5.74) is 0.542. The maximum absolute atomic E-state index is 12.1. The Labute approximate surface area is 121 Å². The molecule has 1 aromatic carbocycles. The van der Waals surface area contributed by atoms with Crippen LogP contribution in [0.2, 0.25) is 10.0 Å². The molecule has 2 atom stereocenters. The molecule has 102 valence electrons. The largest absolute Gasteiger partial charge is 0.306 e. The number of rotatable bonds is 1. The summed E-state index contributed by atoms with van der Waals surface area (Å²) in [7, 11) is -3.05. The first-order valence-electron chi connectivity index (χ1n) is 5.85. The van der Waals surface area contributed by atoms with Crippen LogP contribution in [0.3, 0.4) is 0 Å². The Morgan fingerprint density at radius 3 is 2.63 bits per heavy atom. The number of fused-ring (bicyclic) bond motifs is 1. The van der Waals surface area contributed by atoms with Gasteiger partial charge >= 0.3 is 0 Å². The summed E-state index contributed by atoms with van der Waals surface area (Å²) in [6.45, 7) is 0. The Kier molecular flexibility index (Phi) is 3.04. The second-order valence-corrected chi connectivity index (χ2v) is 7.97. The van der Waals surface area contributed by atoms with Gasteiger partial charge in [0, 0.05) is 17.4 Å². The van der Waals surface area contributed by atoms with Gasteiger partial charge in [0.1, 0.15) is 0 Å². The quantitative estimate of drug-likeness (QED) is 0.797. The van der Waals surface area contributed by atoms with Crippen molar-refractivity contribution in [3.8, 4) is 0 Å². The van der Waals surface area contributed by atoms with Crippen molar-refractivity contribution in [2.75, 3.05) is 16.4 Å². The van der Waals surface area contributed by atoms with Crippen molar-refractivity contribution in [3.63, 3.8) is 0 Å².